The maximum Gasteiger partial charge on any atom is 0.252 e. The zero-order valence-electron chi connectivity index (χ0n) is 11.3. The van der Waals surface area contributed by atoms with Gasteiger partial charge in [0.15, 0.2) is 0 Å². The molecule has 0 bridgehead atoms. The lowest BCUT2D eigenvalue weighted by molar-refractivity contribution is -0.123. The van der Waals surface area contributed by atoms with Gasteiger partial charge >= 0.3 is 0 Å². The fourth-order valence-electron chi connectivity index (χ4n) is 1.48. The highest BCUT2D eigenvalue weighted by Crippen LogP contribution is 2.14. The summed E-state index contributed by atoms with van der Waals surface area (Å²) in [6.07, 6.45) is 5.05. The molecule has 0 aliphatic carbocycles. The molecule has 1 aromatic carbocycles. The van der Waals surface area contributed by atoms with Gasteiger partial charge in [0.05, 0.1) is 12.2 Å². The summed E-state index contributed by atoms with van der Waals surface area (Å²) in [4.78, 5) is 34.1. The van der Waals surface area contributed by atoms with E-state index in [1.807, 2.05) is 0 Å². The van der Waals surface area contributed by atoms with E-state index in [0.717, 1.165) is 5.01 Å². The highest BCUT2D eigenvalue weighted by molar-refractivity contribution is 5.97. The number of carbonyl (C=O) groups is 3. The summed E-state index contributed by atoms with van der Waals surface area (Å²) in [5, 5.41) is 3.63. The van der Waals surface area contributed by atoms with E-state index < -0.39 is 0 Å². The van der Waals surface area contributed by atoms with Gasteiger partial charge in [0, 0.05) is 19.4 Å². The van der Waals surface area contributed by atoms with Crippen molar-refractivity contribution in [1.29, 1.82) is 0 Å². The maximum absolute atomic E-state index is 11.6. The van der Waals surface area contributed by atoms with E-state index >= 15 is 0 Å². The van der Waals surface area contributed by atoms with Crippen LogP contribution >= 0.6 is 0 Å². The van der Waals surface area contributed by atoms with Gasteiger partial charge in [0.1, 0.15) is 0 Å². The van der Waals surface area contributed by atoms with Crippen LogP contribution in [-0.4, -0.2) is 24.3 Å². The van der Waals surface area contributed by atoms with Crippen molar-refractivity contribution in [3.05, 3.63) is 29.8 Å². The minimum Gasteiger partial charge on any atom is -0.341 e. The normalized spacial score (nSPS) is 9.25. The number of nitrogens with one attached hydrogen (secondary N) is 2. The predicted octanol–water partition coefficient (Wildman–Crippen LogP) is 0.454. The molecule has 1 rings (SSSR count). The smallest absolute Gasteiger partial charge is 0.252 e. The van der Waals surface area contributed by atoms with E-state index in [1.54, 1.807) is 24.3 Å². The highest BCUT2D eigenvalue weighted by Gasteiger charge is 2.13. The van der Waals surface area contributed by atoms with E-state index in [2.05, 4.69) is 16.7 Å². The summed E-state index contributed by atoms with van der Waals surface area (Å²) in [6, 6.07) is 6.20. The number of benzene rings is 1. The van der Waals surface area contributed by atoms with Gasteiger partial charge in [-0.2, -0.15) is 0 Å². The van der Waals surface area contributed by atoms with E-state index in [0.29, 0.717) is 11.3 Å². The molecule has 20 heavy (non-hydrogen) atoms. The summed E-state index contributed by atoms with van der Waals surface area (Å²) in [5.41, 5.74) is 3.27. The Bertz CT molecular complexity index is 558. The van der Waals surface area contributed by atoms with Crippen molar-refractivity contribution in [2.75, 3.05) is 11.6 Å². The summed E-state index contributed by atoms with van der Waals surface area (Å²) in [5.74, 6) is 1.29. The molecule has 0 aliphatic rings. The molecule has 0 saturated carbocycles. The molecule has 104 valence electrons. The van der Waals surface area contributed by atoms with E-state index in [4.69, 9.17) is 6.42 Å². The highest BCUT2D eigenvalue weighted by atomic mass is 16.2. The number of terminal acetylenes is 1. The predicted molar refractivity (Wildman–Crippen MR) is 74.6 cm³/mol. The number of hydrogen-bond acceptors (Lipinski definition) is 3. The van der Waals surface area contributed by atoms with Crippen LogP contribution in [0.1, 0.15) is 24.2 Å². The van der Waals surface area contributed by atoms with Crippen molar-refractivity contribution in [2.45, 2.75) is 13.8 Å². The van der Waals surface area contributed by atoms with E-state index in [-0.39, 0.29) is 24.3 Å². The molecular formula is C14H15N3O3. The topological polar surface area (TPSA) is 78.5 Å². The van der Waals surface area contributed by atoms with Crippen molar-refractivity contribution in [3.63, 3.8) is 0 Å². The first-order chi connectivity index (χ1) is 9.45. The molecule has 6 heteroatoms. The molecule has 0 aromatic heterocycles. The summed E-state index contributed by atoms with van der Waals surface area (Å²) in [7, 11) is 0. The first kappa shape index (κ1) is 15.2. The number of nitrogens with zero attached hydrogens (tertiary/aromatic N) is 1. The van der Waals surface area contributed by atoms with Crippen LogP contribution < -0.4 is 15.8 Å². The number of carbonyl (C=O) groups excluding carboxylic acids is 3. The van der Waals surface area contributed by atoms with Crippen LogP contribution in [0.15, 0.2) is 24.3 Å². The Hall–Kier alpha value is -2.81. The third-order valence-corrected chi connectivity index (χ3v) is 2.32. The molecule has 6 nitrogen and oxygen atoms in total. The van der Waals surface area contributed by atoms with Crippen molar-refractivity contribution in [2.24, 2.45) is 0 Å². The second-order valence-electron chi connectivity index (χ2n) is 3.96. The molecule has 0 atom stereocenters. The van der Waals surface area contributed by atoms with Crippen molar-refractivity contribution in [1.82, 2.24) is 10.7 Å². The van der Waals surface area contributed by atoms with E-state index in [1.165, 1.54) is 13.8 Å². The van der Waals surface area contributed by atoms with Crippen LogP contribution in [0.25, 0.3) is 0 Å². The second-order valence-corrected chi connectivity index (χ2v) is 3.96. The van der Waals surface area contributed by atoms with Gasteiger partial charge in [-0.3, -0.25) is 19.8 Å². The maximum atomic E-state index is 11.6. The number of rotatable bonds is 3. The molecule has 0 radical (unpaired) electrons. The second kappa shape index (κ2) is 6.95. The van der Waals surface area contributed by atoms with Crippen LogP contribution in [0.5, 0.6) is 0 Å². The molecule has 0 unspecified atom stereocenters. The van der Waals surface area contributed by atoms with Gasteiger partial charge in [-0.25, -0.2) is 5.01 Å². The van der Waals surface area contributed by atoms with Gasteiger partial charge < -0.3 is 5.32 Å². The fraction of sp³-hybridized carbons (Fsp3) is 0.214. The Morgan fingerprint density at radius 3 is 2.25 bits per heavy atom. The Morgan fingerprint density at radius 2 is 1.80 bits per heavy atom. The number of anilines is 1. The molecular weight excluding hydrogens is 258 g/mol. The Morgan fingerprint density at radius 1 is 1.20 bits per heavy atom. The quantitative estimate of drug-likeness (QED) is 0.620. The van der Waals surface area contributed by atoms with Crippen LogP contribution in [-0.2, 0) is 9.59 Å². The SMILES string of the molecule is C#CCNC(=O)c1ccc(N(NC(C)=O)C(C)=O)cc1. The molecule has 0 heterocycles. The van der Waals surface area contributed by atoms with Gasteiger partial charge in [0.2, 0.25) is 11.8 Å². The van der Waals surface area contributed by atoms with Gasteiger partial charge in [0.25, 0.3) is 5.91 Å². The minimum atomic E-state index is -0.365. The van der Waals surface area contributed by atoms with Gasteiger partial charge in [-0.05, 0) is 24.3 Å². The lowest BCUT2D eigenvalue weighted by Crippen LogP contribution is -2.44. The standard InChI is InChI=1S/C14H15N3O3/c1-4-9-15-14(20)12-5-7-13(8-6-12)17(11(3)19)16-10(2)18/h1,5-8H,9H2,2-3H3,(H,15,20)(H,16,18). The number of hydrazine groups is 1. The summed E-state index contributed by atoms with van der Waals surface area (Å²) >= 11 is 0. The lowest BCUT2D eigenvalue weighted by atomic mass is 10.2. The number of amides is 3. The van der Waals surface area contributed by atoms with Crippen LogP contribution in [0.2, 0.25) is 0 Å². The van der Waals surface area contributed by atoms with Crippen LogP contribution in [0.3, 0.4) is 0 Å². The first-order valence-electron chi connectivity index (χ1n) is 5.85. The Kier molecular flexibility index (Phi) is 5.30. The molecule has 0 aliphatic heterocycles. The fourth-order valence-corrected chi connectivity index (χ4v) is 1.48. The van der Waals surface area contributed by atoms with Crippen LogP contribution in [0.4, 0.5) is 5.69 Å². The third-order valence-electron chi connectivity index (χ3n) is 2.32. The Balaban J connectivity index is 2.88. The zero-order valence-corrected chi connectivity index (χ0v) is 11.3. The van der Waals surface area contributed by atoms with Crippen molar-refractivity contribution >= 4 is 23.4 Å². The zero-order chi connectivity index (χ0) is 15.1. The average Bonchev–Trinajstić information content (AvgIpc) is 2.42. The first-order valence-corrected chi connectivity index (χ1v) is 5.85. The monoisotopic (exact) mass is 273 g/mol. The average molecular weight is 273 g/mol. The summed E-state index contributed by atoms with van der Waals surface area (Å²) < 4.78 is 0. The Labute approximate surface area is 117 Å². The molecule has 2 N–H and O–H groups in total. The largest absolute Gasteiger partial charge is 0.341 e. The number of hydrogen-bond donors (Lipinski definition) is 2. The molecule has 3 amide bonds. The molecule has 0 spiro atoms. The minimum absolute atomic E-state index is 0.145. The molecule has 0 fully saturated rings. The van der Waals surface area contributed by atoms with E-state index in [9.17, 15) is 14.4 Å². The third kappa shape index (κ3) is 4.14. The van der Waals surface area contributed by atoms with Gasteiger partial charge in [-0.1, -0.05) is 5.92 Å². The molecule has 1 aromatic rings. The lowest BCUT2D eigenvalue weighted by Gasteiger charge is -2.21. The van der Waals surface area contributed by atoms with Crippen LogP contribution in [0, 0.1) is 12.3 Å². The summed E-state index contributed by atoms with van der Waals surface area (Å²) in [6.45, 7) is 2.77. The van der Waals surface area contributed by atoms with Crippen molar-refractivity contribution in [3.8, 4) is 12.3 Å². The van der Waals surface area contributed by atoms with Gasteiger partial charge in [-0.15, -0.1) is 6.42 Å². The molecule has 0 saturated heterocycles. The van der Waals surface area contributed by atoms with Crippen molar-refractivity contribution < 1.29 is 14.4 Å².